The van der Waals surface area contributed by atoms with Gasteiger partial charge in [-0.25, -0.2) is 4.79 Å². The summed E-state index contributed by atoms with van der Waals surface area (Å²) in [6.45, 7) is 0.862. The van der Waals surface area contributed by atoms with Crippen LogP contribution in [0.5, 0.6) is 0 Å². The molecular formula is C31H33N3O5. The van der Waals surface area contributed by atoms with Gasteiger partial charge >= 0.3 is 6.03 Å². The molecule has 0 saturated carbocycles. The predicted octanol–water partition coefficient (Wildman–Crippen LogP) is 5.73. The molecule has 2 amide bonds. The van der Waals surface area contributed by atoms with Crippen LogP contribution in [0.3, 0.4) is 0 Å². The second-order valence-electron chi connectivity index (χ2n) is 9.95. The van der Waals surface area contributed by atoms with Gasteiger partial charge in [-0.05, 0) is 42.4 Å². The van der Waals surface area contributed by atoms with E-state index in [0.717, 1.165) is 30.4 Å². The minimum atomic E-state index is -0.419. The first kappa shape index (κ1) is 26.6. The minimum absolute atomic E-state index is 0.00314. The number of carbonyl (C=O) groups is 1. The van der Waals surface area contributed by atoms with Crippen molar-refractivity contribution in [2.24, 2.45) is 0 Å². The molecule has 2 aliphatic heterocycles. The number of ether oxygens (including phenoxy) is 2. The monoisotopic (exact) mass is 527 g/mol. The minimum Gasteiger partial charge on any atom is -0.353 e. The van der Waals surface area contributed by atoms with E-state index in [1.54, 1.807) is 17.0 Å². The lowest BCUT2D eigenvalue weighted by Crippen LogP contribution is -2.65. The predicted molar refractivity (Wildman–Crippen MR) is 149 cm³/mol. The van der Waals surface area contributed by atoms with E-state index in [4.69, 9.17) is 9.47 Å². The Kier molecular flexibility index (Phi) is 8.65. The van der Waals surface area contributed by atoms with Crippen LogP contribution in [-0.2, 0) is 22.4 Å². The van der Waals surface area contributed by atoms with Gasteiger partial charge in [-0.1, -0.05) is 84.9 Å². The summed E-state index contributed by atoms with van der Waals surface area (Å²) in [5.74, 6) is 0. The van der Waals surface area contributed by atoms with Crippen LogP contribution in [0.25, 0.3) is 6.08 Å². The topological polar surface area (TPSA) is 93.9 Å². The highest BCUT2D eigenvalue weighted by molar-refractivity contribution is 5.77. The molecule has 39 heavy (non-hydrogen) atoms. The third-order valence-corrected chi connectivity index (χ3v) is 7.19. The molecule has 0 radical (unpaired) electrons. The molecule has 5 rings (SSSR count). The number of rotatable bonds is 9. The molecule has 202 valence electrons. The highest BCUT2D eigenvalue weighted by atomic mass is 16.7. The Hall–Kier alpha value is -4.01. The smallest absolute Gasteiger partial charge is 0.318 e. The highest BCUT2D eigenvalue weighted by Crippen LogP contribution is 2.29. The summed E-state index contributed by atoms with van der Waals surface area (Å²) in [5.41, 5.74) is 2.78. The van der Waals surface area contributed by atoms with E-state index in [0.29, 0.717) is 18.6 Å². The Morgan fingerprint density at radius 3 is 2.46 bits per heavy atom. The van der Waals surface area contributed by atoms with Crippen LogP contribution in [0.1, 0.15) is 36.0 Å². The Balaban J connectivity index is 1.49. The Morgan fingerprint density at radius 2 is 1.74 bits per heavy atom. The molecule has 0 spiro atoms. The van der Waals surface area contributed by atoms with E-state index in [1.807, 2.05) is 72.8 Å². The van der Waals surface area contributed by atoms with Crippen LogP contribution in [0.2, 0.25) is 0 Å². The van der Waals surface area contributed by atoms with Crippen molar-refractivity contribution in [2.45, 2.75) is 56.7 Å². The van der Waals surface area contributed by atoms with Gasteiger partial charge in [0.2, 0.25) is 0 Å². The van der Waals surface area contributed by atoms with Gasteiger partial charge in [-0.2, -0.15) is 0 Å². The van der Waals surface area contributed by atoms with Crippen molar-refractivity contribution < 1.29 is 19.2 Å². The van der Waals surface area contributed by atoms with Crippen LogP contribution < -0.4 is 5.32 Å². The molecule has 3 aromatic rings. The largest absolute Gasteiger partial charge is 0.353 e. The lowest BCUT2D eigenvalue weighted by Gasteiger charge is -2.46. The first-order valence-electron chi connectivity index (χ1n) is 13.4. The van der Waals surface area contributed by atoms with E-state index in [2.05, 4.69) is 5.32 Å². The Morgan fingerprint density at radius 1 is 1.00 bits per heavy atom. The molecule has 2 aliphatic rings. The fraction of sp³-hybridized carbons (Fsp3) is 0.323. The maximum absolute atomic E-state index is 13.6. The third-order valence-electron chi connectivity index (χ3n) is 7.19. The number of hydrogen-bond donors (Lipinski definition) is 1. The van der Waals surface area contributed by atoms with Gasteiger partial charge in [0.25, 0.3) is 5.69 Å². The quantitative estimate of drug-likeness (QED) is 0.284. The molecule has 2 fully saturated rings. The number of nitro benzene ring substituents is 1. The zero-order chi connectivity index (χ0) is 27.0. The van der Waals surface area contributed by atoms with Crippen LogP contribution >= 0.6 is 0 Å². The van der Waals surface area contributed by atoms with Crippen molar-refractivity contribution in [3.05, 3.63) is 118 Å². The van der Waals surface area contributed by atoms with Gasteiger partial charge < -0.3 is 19.7 Å². The average molecular weight is 528 g/mol. The van der Waals surface area contributed by atoms with Crippen LogP contribution in [0.4, 0.5) is 10.5 Å². The summed E-state index contributed by atoms with van der Waals surface area (Å²) in [6.07, 6.45) is 6.61. The molecule has 0 aromatic heterocycles. The fourth-order valence-corrected chi connectivity index (χ4v) is 5.22. The molecule has 8 nitrogen and oxygen atoms in total. The summed E-state index contributed by atoms with van der Waals surface area (Å²) < 4.78 is 12.6. The van der Waals surface area contributed by atoms with Gasteiger partial charge in [0.15, 0.2) is 6.29 Å². The van der Waals surface area contributed by atoms with Crippen molar-refractivity contribution in [3.63, 3.8) is 0 Å². The van der Waals surface area contributed by atoms with Gasteiger partial charge in [-0.3, -0.25) is 10.1 Å². The number of urea groups is 1. The van der Waals surface area contributed by atoms with Gasteiger partial charge in [0, 0.05) is 25.3 Å². The highest BCUT2D eigenvalue weighted by Gasteiger charge is 2.43. The lowest BCUT2D eigenvalue weighted by atomic mass is 9.91. The number of benzene rings is 3. The molecule has 1 N–H and O–H groups in total. The average Bonchev–Trinajstić information content (AvgIpc) is 2.97. The van der Waals surface area contributed by atoms with Crippen molar-refractivity contribution >= 4 is 17.8 Å². The second kappa shape index (κ2) is 12.7. The standard InChI is InChI=1S/C31H33N3O5/c35-31-32-27(18-17-23-10-3-1-4-11-23)30(39-29-16-7-8-19-38-29)28(21-24-12-5-2-6-13-24)33(31)22-25-14-9-15-26(20-25)34(36)37/h1-6,9-15,17-18,20,27-30H,7-8,16,19,21-22H2,(H,32,35)/b18-17+/t27-,28-,29?,30-/m1/s1. The zero-order valence-corrected chi connectivity index (χ0v) is 21.7. The van der Waals surface area contributed by atoms with Crippen molar-refractivity contribution in [1.82, 2.24) is 10.2 Å². The molecular weight excluding hydrogens is 494 g/mol. The molecule has 8 heteroatoms. The SMILES string of the molecule is O=C1N[C@H](/C=C/c2ccccc2)[C@@H](OC2CCCCO2)[C@@H](Cc2ccccc2)N1Cc1cccc([N+](=O)[O-])c1. The molecule has 2 saturated heterocycles. The van der Waals surface area contributed by atoms with E-state index in [1.165, 1.54) is 12.1 Å². The second-order valence-corrected chi connectivity index (χ2v) is 9.95. The first-order valence-corrected chi connectivity index (χ1v) is 13.4. The van der Waals surface area contributed by atoms with Crippen LogP contribution in [0.15, 0.2) is 91.0 Å². The number of non-ortho nitro benzene ring substituents is 1. The maximum atomic E-state index is 13.6. The normalized spacial score (nSPS) is 23.5. The maximum Gasteiger partial charge on any atom is 0.318 e. The number of nitrogens with zero attached hydrogens (tertiary/aromatic N) is 2. The summed E-state index contributed by atoms with van der Waals surface area (Å²) in [6, 6.07) is 25.4. The third kappa shape index (κ3) is 6.90. The summed E-state index contributed by atoms with van der Waals surface area (Å²) in [5, 5.41) is 14.5. The Labute approximate surface area is 228 Å². The molecule has 0 bridgehead atoms. The van der Waals surface area contributed by atoms with E-state index < -0.39 is 17.1 Å². The van der Waals surface area contributed by atoms with Crippen LogP contribution in [0, 0.1) is 10.1 Å². The molecule has 1 unspecified atom stereocenters. The number of hydrogen-bond acceptors (Lipinski definition) is 5. The van der Waals surface area contributed by atoms with E-state index in [9.17, 15) is 14.9 Å². The fourth-order valence-electron chi connectivity index (χ4n) is 5.22. The lowest BCUT2D eigenvalue weighted by molar-refractivity contribution is -0.384. The van der Waals surface area contributed by atoms with Gasteiger partial charge in [-0.15, -0.1) is 0 Å². The summed E-state index contributed by atoms with van der Waals surface area (Å²) >= 11 is 0. The van der Waals surface area contributed by atoms with Crippen molar-refractivity contribution in [1.29, 1.82) is 0 Å². The molecule has 3 aromatic carbocycles. The summed E-state index contributed by atoms with van der Waals surface area (Å²) in [4.78, 5) is 26.4. The molecule has 0 aliphatic carbocycles. The first-order chi connectivity index (χ1) is 19.1. The number of nitrogens with one attached hydrogen (secondary N) is 1. The molecule has 4 atom stereocenters. The van der Waals surface area contributed by atoms with Gasteiger partial charge in [0.05, 0.1) is 17.0 Å². The number of carbonyl (C=O) groups excluding carboxylic acids is 1. The van der Waals surface area contributed by atoms with Crippen LogP contribution in [-0.4, -0.2) is 46.9 Å². The van der Waals surface area contributed by atoms with Crippen molar-refractivity contribution in [3.8, 4) is 0 Å². The van der Waals surface area contributed by atoms with Crippen molar-refractivity contribution in [2.75, 3.05) is 6.61 Å². The number of amides is 2. The Bertz CT molecular complexity index is 1280. The summed E-state index contributed by atoms with van der Waals surface area (Å²) in [7, 11) is 0. The van der Waals surface area contributed by atoms with Gasteiger partial charge in [0.1, 0.15) is 6.10 Å². The zero-order valence-electron chi connectivity index (χ0n) is 21.7. The number of nitro groups is 1. The van der Waals surface area contributed by atoms with E-state index in [-0.39, 0.29) is 30.6 Å². The van der Waals surface area contributed by atoms with E-state index >= 15 is 0 Å². The molecule has 2 heterocycles.